The lowest BCUT2D eigenvalue weighted by atomic mass is 10.1. The van der Waals surface area contributed by atoms with Crippen LogP contribution in [0.4, 0.5) is 0 Å². The van der Waals surface area contributed by atoms with Crippen molar-refractivity contribution in [2.45, 2.75) is 37.6 Å². The molecule has 0 radical (unpaired) electrons. The summed E-state index contributed by atoms with van der Waals surface area (Å²) in [4.78, 5) is 0.187. The van der Waals surface area contributed by atoms with Crippen molar-refractivity contribution in [3.8, 4) is 5.75 Å². The predicted octanol–water partition coefficient (Wildman–Crippen LogP) is 2.83. The van der Waals surface area contributed by atoms with Crippen LogP contribution in [0.1, 0.15) is 35.9 Å². The van der Waals surface area contributed by atoms with Gasteiger partial charge in [-0.25, -0.2) is 8.42 Å². The van der Waals surface area contributed by atoms with Crippen LogP contribution in [0.25, 0.3) is 0 Å². The standard InChI is InChI=1S/C16H20N2O4S/c1-11-16(12(2)22-17-11)23(19,20)18-9-5-8-15(18)13-6-4-7-14(10-13)21-3/h4,6-7,10,15H,5,8-9H2,1-3H3. The highest BCUT2D eigenvalue weighted by Crippen LogP contribution is 2.38. The number of ether oxygens (including phenoxy) is 1. The van der Waals surface area contributed by atoms with Crippen molar-refractivity contribution in [1.82, 2.24) is 9.46 Å². The van der Waals surface area contributed by atoms with Gasteiger partial charge >= 0.3 is 0 Å². The molecule has 3 rings (SSSR count). The van der Waals surface area contributed by atoms with Crippen LogP contribution in [0.3, 0.4) is 0 Å². The number of hydrogen-bond donors (Lipinski definition) is 0. The van der Waals surface area contributed by atoms with Gasteiger partial charge in [-0.05, 0) is 44.4 Å². The molecule has 2 heterocycles. The maximum atomic E-state index is 13.1. The fourth-order valence-corrected chi connectivity index (χ4v) is 5.15. The molecule has 2 aromatic rings. The Balaban J connectivity index is 2.01. The summed E-state index contributed by atoms with van der Waals surface area (Å²) in [6.45, 7) is 3.78. The van der Waals surface area contributed by atoms with Gasteiger partial charge in [0.25, 0.3) is 0 Å². The summed E-state index contributed by atoms with van der Waals surface area (Å²) in [5.74, 6) is 1.06. The molecule has 1 saturated heterocycles. The highest BCUT2D eigenvalue weighted by molar-refractivity contribution is 7.89. The van der Waals surface area contributed by atoms with Gasteiger partial charge in [-0.15, -0.1) is 0 Å². The second-order valence-electron chi connectivity index (χ2n) is 5.70. The van der Waals surface area contributed by atoms with Crippen LogP contribution in [0, 0.1) is 13.8 Å². The number of aromatic nitrogens is 1. The van der Waals surface area contributed by atoms with Gasteiger partial charge in [-0.1, -0.05) is 17.3 Å². The molecule has 0 N–H and O–H groups in total. The van der Waals surface area contributed by atoms with Crippen molar-refractivity contribution in [2.24, 2.45) is 0 Å². The van der Waals surface area contributed by atoms with Gasteiger partial charge in [-0.3, -0.25) is 0 Å². The van der Waals surface area contributed by atoms with Gasteiger partial charge in [0.2, 0.25) is 10.0 Å². The lowest BCUT2D eigenvalue weighted by Crippen LogP contribution is -2.31. The summed E-state index contributed by atoms with van der Waals surface area (Å²) in [6, 6.07) is 7.38. The van der Waals surface area contributed by atoms with Gasteiger partial charge < -0.3 is 9.26 Å². The average Bonchev–Trinajstić information content (AvgIpc) is 3.15. The molecule has 124 valence electrons. The molecule has 1 aliphatic rings. The molecule has 0 aliphatic carbocycles. The first-order valence-corrected chi connectivity index (χ1v) is 8.98. The van der Waals surface area contributed by atoms with E-state index in [0.717, 1.165) is 24.2 Å². The molecule has 0 spiro atoms. The average molecular weight is 336 g/mol. The Morgan fingerprint density at radius 1 is 1.35 bits per heavy atom. The van der Waals surface area contributed by atoms with Gasteiger partial charge in [0, 0.05) is 6.54 Å². The van der Waals surface area contributed by atoms with Crippen LogP contribution in [-0.4, -0.2) is 31.5 Å². The normalized spacial score (nSPS) is 19.2. The van der Waals surface area contributed by atoms with Crippen LogP contribution in [0.2, 0.25) is 0 Å². The smallest absolute Gasteiger partial charge is 0.249 e. The molecule has 1 aromatic carbocycles. The van der Waals surface area contributed by atoms with E-state index >= 15 is 0 Å². The Hall–Kier alpha value is -1.86. The molecule has 1 atom stereocenters. The van der Waals surface area contributed by atoms with E-state index in [1.165, 1.54) is 0 Å². The van der Waals surface area contributed by atoms with Crippen molar-refractivity contribution in [1.29, 1.82) is 0 Å². The molecule has 0 amide bonds. The van der Waals surface area contributed by atoms with Crippen LogP contribution < -0.4 is 4.74 Å². The zero-order valence-corrected chi connectivity index (χ0v) is 14.3. The van der Waals surface area contributed by atoms with Crippen LogP contribution in [0.15, 0.2) is 33.7 Å². The van der Waals surface area contributed by atoms with E-state index in [1.807, 2.05) is 24.3 Å². The number of sulfonamides is 1. The van der Waals surface area contributed by atoms with E-state index in [1.54, 1.807) is 25.3 Å². The minimum atomic E-state index is -3.64. The topological polar surface area (TPSA) is 72.6 Å². The van der Waals surface area contributed by atoms with E-state index < -0.39 is 10.0 Å². The third-order valence-electron chi connectivity index (χ3n) is 4.22. The second kappa shape index (κ2) is 5.98. The number of benzene rings is 1. The first-order valence-electron chi connectivity index (χ1n) is 7.54. The summed E-state index contributed by atoms with van der Waals surface area (Å²) in [5.41, 5.74) is 1.34. The first-order chi connectivity index (χ1) is 10.9. The third-order valence-corrected chi connectivity index (χ3v) is 6.37. The zero-order chi connectivity index (χ0) is 16.6. The van der Waals surface area contributed by atoms with Crippen LogP contribution >= 0.6 is 0 Å². The summed E-state index contributed by atoms with van der Waals surface area (Å²) < 4.78 is 38.0. The van der Waals surface area contributed by atoms with Crippen molar-refractivity contribution < 1.29 is 17.7 Å². The SMILES string of the molecule is COc1cccc(C2CCCN2S(=O)(=O)c2c(C)noc2C)c1. The second-order valence-corrected chi connectivity index (χ2v) is 7.53. The Bertz CT molecular complexity index is 794. The lowest BCUT2D eigenvalue weighted by molar-refractivity contribution is 0.382. The summed E-state index contributed by atoms with van der Waals surface area (Å²) >= 11 is 0. The van der Waals surface area contributed by atoms with Gasteiger partial charge in [0.15, 0.2) is 5.76 Å². The predicted molar refractivity (Wildman–Crippen MR) is 84.8 cm³/mol. The van der Waals surface area contributed by atoms with Crippen LogP contribution in [-0.2, 0) is 10.0 Å². The quantitative estimate of drug-likeness (QED) is 0.858. The molecule has 0 bridgehead atoms. The van der Waals surface area contributed by atoms with Crippen molar-refractivity contribution >= 4 is 10.0 Å². The molecule has 7 heteroatoms. The number of rotatable bonds is 4. The molecule has 6 nitrogen and oxygen atoms in total. The van der Waals surface area contributed by atoms with Gasteiger partial charge in [0.1, 0.15) is 16.3 Å². The van der Waals surface area contributed by atoms with Gasteiger partial charge in [0.05, 0.1) is 13.2 Å². The maximum Gasteiger partial charge on any atom is 0.249 e. The summed E-state index contributed by atoms with van der Waals surface area (Å²) in [5, 5.41) is 3.78. The minimum Gasteiger partial charge on any atom is -0.497 e. The van der Waals surface area contributed by atoms with Crippen molar-refractivity contribution in [3.05, 3.63) is 41.3 Å². The number of aryl methyl sites for hydroxylation is 2. The van der Waals surface area contributed by atoms with E-state index in [2.05, 4.69) is 5.16 Å². The Labute approximate surface area is 136 Å². The highest BCUT2D eigenvalue weighted by atomic mass is 32.2. The Morgan fingerprint density at radius 2 is 2.13 bits per heavy atom. The molecule has 1 fully saturated rings. The lowest BCUT2D eigenvalue weighted by Gasteiger charge is -2.24. The number of nitrogens with zero attached hydrogens (tertiary/aromatic N) is 2. The molecule has 0 saturated carbocycles. The molecular weight excluding hydrogens is 316 g/mol. The molecule has 1 unspecified atom stereocenters. The largest absolute Gasteiger partial charge is 0.497 e. The van der Waals surface area contributed by atoms with Gasteiger partial charge in [-0.2, -0.15) is 4.31 Å². The first kappa shape index (κ1) is 16.0. The van der Waals surface area contributed by atoms with E-state index in [4.69, 9.17) is 9.26 Å². The molecule has 1 aromatic heterocycles. The van der Waals surface area contributed by atoms with Crippen molar-refractivity contribution in [2.75, 3.05) is 13.7 Å². The fraction of sp³-hybridized carbons (Fsp3) is 0.438. The van der Waals surface area contributed by atoms with E-state index in [0.29, 0.717) is 18.0 Å². The van der Waals surface area contributed by atoms with E-state index in [-0.39, 0.29) is 10.9 Å². The Kier molecular flexibility index (Phi) is 4.16. The fourth-order valence-electron chi connectivity index (χ4n) is 3.17. The molecular formula is C16H20N2O4S. The van der Waals surface area contributed by atoms with Crippen molar-refractivity contribution in [3.63, 3.8) is 0 Å². The maximum absolute atomic E-state index is 13.1. The monoisotopic (exact) mass is 336 g/mol. The summed E-state index contributed by atoms with van der Waals surface area (Å²) in [6.07, 6.45) is 1.61. The number of methoxy groups -OCH3 is 1. The number of hydrogen-bond acceptors (Lipinski definition) is 5. The zero-order valence-electron chi connectivity index (χ0n) is 13.4. The third kappa shape index (κ3) is 2.74. The highest BCUT2D eigenvalue weighted by Gasteiger charge is 2.39. The minimum absolute atomic E-state index is 0.187. The Morgan fingerprint density at radius 3 is 2.78 bits per heavy atom. The molecule has 23 heavy (non-hydrogen) atoms. The summed E-state index contributed by atoms with van der Waals surface area (Å²) in [7, 11) is -2.03. The van der Waals surface area contributed by atoms with E-state index in [9.17, 15) is 8.42 Å². The van der Waals surface area contributed by atoms with Crippen LogP contribution in [0.5, 0.6) is 5.75 Å². The molecule has 1 aliphatic heterocycles.